The Labute approximate surface area is 76.4 Å². The summed E-state index contributed by atoms with van der Waals surface area (Å²) in [5.74, 6) is 0. The van der Waals surface area contributed by atoms with Crippen molar-refractivity contribution in [2.45, 2.75) is 12.5 Å². The summed E-state index contributed by atoms with van der Waals surface area (Å²) in [4.78, 5) is 0. The smallest absolute Gasteiger partial charge is 0.106 e. The van der Waals surface area contributed by atoms with Crippen LogP contribution in [0.3, 0.4) is 0 Å². The molecule has 0 bridgehead atoms. The van der Waals surface area contributed by atoms with Crippen LogP contribution in [0.2, 0.25) is 0 Å². The molecule has 70 valence electrons. The van der Waals surface area contributed by atoms with E-state index in [1.165, 1.54) is 0 Å². The van der Waals surface area contributed by atoms with E-state index in [0.29, 0.717) is 6.61 Å². The van der Waals surface area contributed by atoms with Crippen molar-refractivity contribution >= 4 is 0 Å². The lowest BCUT2D eigenvalue weighted by Crippen LogP contribution is -1.98. The van der Waals surface area contributed by atoms with E-state index in [9.17, 15) is 5.11 Å². The predicted molar refractivity (Wildman–Crippen MR) is 46.8 cm³/mol. The summed E-state index contributed by atoms with van der Waals surface area (Å²) >= 11 is 0. The fourth-order valence-corrected chi connectivity index (χ4v) is 1.40. The number of nitrogens with zero attached hydrogens (tertiary/aromatic N) is 2. The van der Waals surface area contributed by atoms with E-state index in [1.807, 2.05) is 13.2 Å². The van der Waals surface area contributed by atoms with Gasteiger partial charge in [0.15, 0.2) is 0 Å². The third-order valence-electron chi connectivity index (χ3n) is 2.14. The van der Waals surface area contributed by atoms with E-state index < -0.39 is 6.10 Å². The number of ether oxygens (including phenoxy) is 1. The standard InChI is InChI=1S/C9H12N2O2/c1-11-5-8(4-10-11)9(12)7-2-3-13-6-7/h4-6,9,12H,2-3H2,1H3. The maximum atomic E-state index is 9.83. The van der Waals surface area contributed by atoms with Gasteiger partial charge in [-0.15, -0.1) is 0 Å². The Morgan fingerprint density at radius 1 is 1.69 bits per heavy atom. The summed E-state index contributed by atoms with van der Waals surface area (Å²) in [6, 6.07) is 0. The van der Waals surface area contributed by atoms with Crippen LogP contribution in [-0.4, -0.2) is 21.5 Å². The minimum absolute atomic E-state index is 0.559. The van der Waals surface area contributed by atoms with E-state index in [0.717, 1.165) is 17.6 Å². The van der Waals surface area contributed by atoms with Crippen molar-refractivity contribution in [2.75, 3.05) is 6.61 Å². The molecule has 2 rings (SSSR count). The zero-order valence-electron chi connectivity index (χ0n) is 7.47. The van der Waals surface area contributed by atoms with Gasteiger partial charge in [0.2, 0.25) is 0 Å². The summed E-state index contributed by atoms with van der Waals surface area (Å²) in [6.45, 7) is 0.673. The van der Waals surface area contributed by atoms with Gasteiger partial charge in [0.1, 0.15) is 6.10 Å². The molecule has 1 N–H and O–H groups in total. The molecule has 0 amide bonds. The van der Waals surface area contributed by atoms with Gasteiger partial charge < -0.3 is 9.84 Å². The molecule has 1 aliphatic heterocycles. The molecule has 0 spiro atoms. The van der Waals surface area contributed by atoms with Crippen LogP contribution in [0.1, 0.15) is 18.1 Å². The van der Waals surface area contributed by atoms with Crippen molar-refractivity contribution in [2.24, 2.45) is 7.05 Å². The predicted octanol–water partition coefficient (Wildman–Crippen LogP) is 0.758. The van der Waals surface area contributed by atoms with Gasteiger partial charge in [0.25, 0.3) is 0 Å². The molecular weight excluding hydrogens is 168 g/mol. The highest BCUT2D eigenvalue weighted by Gasteiger charge is 2.18. The Bertz CT molecular complexity index is 330. The summed E-state index contributed by atoms with van der Waals surface area (Å²) < 4.78 is 6.73. The van der Waals surface area contributed by atoms with E-state index >= 15 is 0 Å². The van der Waals surface area contributed by atoms with Gasteiger partial charge in [0, 0.05) is 30.8 Å². The van der Waals surface area contributed by atoms with Crippen LogP contribution in [0.4, 0.5) is 0 Å². The average molecular weight is 180 g/mol. The highest BCUT2D eigenvalue weighted by atomic mass is 16.5. The Balaban J connectivity index is 2.16. The van der Waals surface area contributed by atoms with Gasteiger partial charge in [-0.25, -0.2) is 0 Å². The summed E-state index contributed by atoms with van der Waals surface area (Å²) in [5.41, 5.74) is 1.74. The van der Waals surface area contributed by atoms with Crippen molar-refractivity contribution in [3.05, 3.63) is 29.8 Å². The van der Waals surface area contributed by atoms with Crippen molar-refractivity contribution < 1.29 is 9.84 Å². The lowest BCUT2D eigenvalue weighted by atomic mass is 10.0. The second kappa shape index (κ2) is 3.22. The summed E-state index contributed by atoms with van der Waals surface area (Å²) in [7, 11) is 1.83. The van der Waals surface area contributed by atoms with E-state index in [2.05, 4.69) is 5.10 Å². The van der Waals surface area contributed by atoms with Crippen molar-refractivity contribution in [1.82, 2.24) is 9.78 Å². The minimum atomic E-state index is -0.559. The normalized spacial score (nSPS) is 18.2. The molecule has 1 atom stereocenters. The van der Waals surface area contributed by atoms with E-state index in [1.54, 1.807) is 17.1 Å². The minimum Gasteiger partial charge on any atom is -0.501 e. The SMILES string of the molecule is Cn1cc(C(O)C2=COCC2)cn1. The van der Waals surface area contributed by atoms with E-state index in [-0.39, 0.29) is 0 Å². The second-order valence-corrected chi connectivity index (χ2v) is 3.16. The van der Waals surface area contributed by atoms with Gasteiger partial charge in [-0.1, -0.05) is 0 Å². The molecule has 0 aliphatic carbocycles. The first-order valence-corrected chi connectivity index (χ1v) is 4.24. The summed E-state index contributed by atoms with van der Waals surface area (Å²) in [5, 5.41) is 13.8. The molecule has 0 saturated carbocycles. The first-order chi connectivity index (χ1) is 6.27. The molecule has 0 fully saturated rings. The number of aryl methyl sites for hydroxylation is 1. The lowest BCUT2D eigenvalue weighted by molar-refractivity contribution is 0.213. The highest BCUT2D eigenvalue weighted by Crippen LogP contribution is 2.26. The number of hydrogen-bond donors (Lipinski definition) is 1. The van der Waals surface area contributed by atoms with Gasteiger partial charge in [-0.3, -0.25) is 4.68 Å². The molecule has 1 aromatic heterocycles. The zero-order valence-corrected chi connectivity index (χ0v) is 7.47. The van der Waals surface area contributed by atoms with Crippen LogP contribution >= 0.6 is 0 Å². The molecule has 13 heavy (non-hydrogen) atoms. The van der Waals surface area contributed by atoms with Gasteiger partial charge >= 0.3 is 0 Å². The number of aliphatic hydroxyl groups excluding tert-OH is 1. The van der Waals surface area contributed by atoms with Crippen molar-refractivity contribution in [3.8, 4) is 0 Å². The molecule has 2 heterocycles. The number of hydrogen-bond acceptors (Lipinski definition) is 3. The summed E-state index contributed by atoms with van der Waals surface area (Å²) in [6.07, 6.45) is 5.36. The van der Waals surface area contributed by atoms with Gasteiger partial charge in [-0.05, 0) is 0 Å². The van der Waals surface area contributed by atoms with Gasteiger partial charge in [0.05, 0.1) is 19.1 Å². The topological polar surface area (TPSA) is 47.3 Å². The molecule has 1 aliphatic rings. The van der Waals surface area contributed by atoms with Gasteiger partial charge in [-0.2, -0.15) is 5.10 Å². The Kier molecular flexibility index (Phi) is 2.06. The fraction of sp³-hybridized carbons (Fsp3) is 0.444. The number of aromatic nitrogens is 2. The quantitative estimate of drug-likeness (QED) is 0.730. The van der Waals surface area contributed by atoms with E-state index in [4.69, 9.17) is 4.74 Å². The highest BCUT2D eigenvalue weighted by molar-refractivity contribution is 5.21. The van der Waals surface area contributed by atoms with Crippen LogP contribution in [-0.2, 0) is 11.8 Å². The second-order valence-electron chi connectivity index (χ2n) is 3.16. The molecule has 1 aromatic rings. The van der Waals surface area contributed by atoms with Crippen LogP contribution in [0.5, 0.6) is 0 Å². The maximum Gasteiger partial charge on any atom is 0.106 e. The molecule has 0 aromatic carbocycles. The van der Waals surface area contributed by atoms with Crippen LogP contribution in [0.25, 0.3) is 0 Å². The zero-order chi connectivity index (χ0) is 9.26. The molecule has 0 radical (unpaired) electrons. The van der Waals surface area contributed by atoms with Crippen molar-refractivity contribution in [3.63, 3.8) is 0 Å². The Morgan fingerprint density at radius 3 is 3.08 bits per heavy atom. The monoisotopic (exact) mass is 180 g/mol. The average Bonchev–Trinajstić information content (AvgIpc) is 2.72. The molecule has 4 nitrogen and oxygen atoms in total. The Hall–Kier alpha value is -1.29. The number of rotatable bonds is 2. The first kappa shape index (κ1) is 8.31. The largest absolute Gasteiger partial charge is 0.501 e. The molecule has 0 saturated heterocycles. The molecule has 4 heteroatoms. The van der Waals surface area contributed by atoms with Crippen LogP contribution in [0, 0.1) is 0 Å². The third kappa shape index (κ3) is 1.58. The first-order valence-electron chi connectivity index (χ1n) is 4.24. The molecular formula is C9H12N2O2. The number of aliphatic hydroxyl groups is 1. The van der Waals surface area contributed by atoms with Crippen LogP contribution in [0.15, 0.2) is 24.2 Å². The maximum absolute atomic E-state index is 9.83. The Morgan fingerprint density at radius 2 is 2.54 bits per heavy atom. The lowest BCUT2D eigenvalue weighted by Gasteiger charge is -2.06. The van der Waals surface area contributed by atoms with Crippen LogP contribution < -0.4 is 0 Å². The van der Waals surface area contributed by atoms with Crippen molar-refractivity contribution in [1.29, 1.82) is 0 Å². The fourth-order valence-electron chi connectivity index (χ4n) is 1.40. The third-order valence-corrected chi connectivity index (χ3v) is 2.14. The molecule has 1 unspecified atom stereocenters.